The molecule has 1 atom stereocenters. The average molecular weight is 538 g/mol. The van der Waals surface area contributed by atoms with Crippen molar-refractivity contribution < 1.29 is 19.0 Å². The molecular weight excluding hydrogens is 504 g/mol. The number of aromatic nitrogens is 5. The van der Waals surface area contributed by atoms with Gasteiger partial charge in [-0.3, -0.25) is 14.6 Å². The Labute approximate surface area is 225 Å². The first kappa shape index (κ1) is 27.0. The van der Waals surface area contributed by atoms with E-state index in [-0.39, 0.29) is 6.04 Å². The molecule has 4 aromatic rings. The van der Waals surface area contributed by atoms with Crippen molar-refractivity contribution in [3.8, 4) is 11.3 Å². The van der Waals surface area contributed by atoms with Crippen LogP contribution in [0.4, 0.5) is 14.6 Å². The van der Waals surface area contributed by atoms with E-state index < -0.39 is 23.3 Å². The summed E-state index contributed by atoms with van der Waals surface area (Å²) in [4.78, 5) is 18.5. The van der Waals surface area contributed by atoms with Gasteiger partial charge in [0.25, 0.3) is 0 Å². The topological polar surface area (TPSA) is 103 Å². The number of hydrogen-bond donors (Lipinski definition) is 2. The van der Waals surface area contributed by atoms with Gasteiger partial charge in [0, 0.05) is 62.2 Å². The van der Waals surface area contributed by atoms with Crippen molar-refractivity contribution in [2.45, 2.75) is 52.0 Å². The Balaban J connectivity index is 1.47. The second-order valence-corrected chi connectivity index (χ2v) is 10.9. The maximum absolute atomic E-state index is 14.2. The van der Waals surface area contributed by atoms with Gasteiger partial charge in [0.1, 0.15) is 28.9 Å². The second kappa shape index (κ2) is 10.6. The molecule has 11 heteroatoms. The number of aliphatic hydroxyl groups is 2. The Bertz CT molecular complexity index is 1480. The third kappa shape index (κ3) is 5.75. The summed E-state index contributed by atoms with van der Waals surface area (Å²) in [6, 6.07) is 5.52. The second-order valence-electron chi connectivity index (χ2n) is 10.9. The molecule has 39 heavy (non-hydrogen) atoms. The summed E-state index contributed by atoms with van der Waals surface area (Å²) in [5.74, 6) is -0.453. The highest BCUT2D eigenvalue weighted by Gasteiger charge is 2.29. The van der Waals surface area contributed by atoms with E-state index in [2.05, 4.69) is 19.9 Å². The van der Waals surface area contributed by atoms with Gasteiger partial charge in [-0.05, 0) is 39.8 Å². The van der Waals surface area contributed by atoms with Crippen molar-refractivity contribution in [3.63, 3.8) is 0 Å². The Kier molecular flexibility index (Phi) is 7.32. The van der Waals surface area contributed by atoms with Crippen LogP contribution in [0.1, 0.15) is 51.1 Å². The Hall–Kier alpha value is -3.54. The standard InChI is InChI=1S/C28H33F2N7O2/c1-17(2)37-16-19(13-32-37)25-27(34-22-12-23(26(38)28(3,4)39)31-14-24(22)33-25)36-9-7-35(8-10-36)15-18-5-6-20(29)11-21(18)30/h5-6,11-14,16-17,26,38-39H,7-10,15H2,1-4H3. The summed E-state index contributed by atoms with van der Waals surface area (Å²) in [6.07, 6.45) is 4.08. The van der Waals surface area contributed by atoms with Crippen LogP contribution in [-0.2, 0) is 6.54 Å². The highest BCUT2D eigenvalue weighted by molar-refractivity contribution is 5.83. The lowest BCUT2D eigenvalue weighted by molar-refractivity contribution is -0.0516. The highest BCUT2D eigenvalue weighted by atomic mass is 19.1. The number of fused-ring (bicyclic) bond motifs is 1. The molecule has 5 rings (SSSR count). The van der Waals surface area contributed by atoms with E-state index in [1.165, 1.54) is 26.0 Å². The fraction of sp³-hybridized carbons (Fsp3) is 0.429. The van der Waals surface area contributed by atoms with Crippen LogP contribution in [0.25, 0.3) is 22.3 Å². The van der Waals surface area contributed by atoms with Crippen LogP contribution in [-0.4, -0.2) is 71.6 Å². The Morgan fingerprint density at radius 1 is 1.00 bits per heavy atom. The molecule has 1 unspecified atom stereocenters. The maximum atomic E-state index is 14.2. The van der Waals surface area contributed by atoms with Crippen molar-refractivity contribution in [1.29, 1.82) is 0 Å². The maximum Gasteiger partial charge on any atom is 0.156 e. The molecule has 1 aromatic carbocycles. The third-order valence-corrected chi connectivity index (χ3v) is 6.99. The molecule has 0 saturated carbocycles. The monoisotopic (exact) mass is 537 g/mol. The highest BCUT2D eigenvalue weighted by Crippen LogP contribution is 2.32. The van der Waals surface area contributed by atoms with Gasteiger partial charge in [-0.2, -0.15) is 5.10 Å². The van der Waals surface area contributed by atoms with Crippen molar-refractivity contribution >= 4 is 16.9 Å². The lowest BCUT2D eigenvalue weighted by Crippen LogP contribution is -2.46. The Morgan fingerprint density at radius 2 is 1.74 bits per heavy atom. The molecule has 206 valence electrons. The van der Waals surface area contributed by atoms with Crippen molar-refractivity contribution in [2.24, 2.45) is 0 Å². The largest absolute Gasteiger partial charge is 0.387 e. The summed E-state index contributed by atoms with van der Waals surface area (Å²) >= 11 is 0. The molecule has 2 N–H and O–H groups in total. The van der Waals surface area contributed by atoms with Crippen LogP contribution < -0.4 is 4.90 Å². The molecule has 1 aliphatic heterocycles. The summed E-state index contributed by atoms with van der Waals surface area (Å²) in [6.45, 7) is 10.1. The van der Waals surface area contributed by atoms with E-state index in [9.17, 15) is 19.0 Å². The first-order valence-corrected chi connectivity index (χ1v) is 13.0. The van der Waals surface area contributed by atoms with Crippen molar-refractivity contribution in [3.05, 3.63) is 65.7 Å². The Morgan fingerprint density at radius 3 is 2.38 bits per heavy atom. The molecular formula is C28H33F2N7O2. The number of anilines is 1. The number of aliphatic hydroxyl groups excluding tert-OH is 1. The van der Waals surface area contributed by atoms with E-state index in [0.29, 0.717) is 66.5 Å². The first-order valence-electron chi connectivity index (χ1n) is 13.0. The fourth-order valence-electron chi connectivity index (χ4n) is 4.64. The molecule has 4 heterocycles. The summed E-state index contributed by atoms with van der Waals surface area (Å²) < 4.78 is 29.4. The number of nitrogens with zero attached hydrogens (tertiary/aromatic N) is 7. The van der Waals surface area contributed by atoms with Crippen LogP contribution in [0.15, 0.2) is 42.9 Å². The average Bonchev–Trinajstić information content (AvgIpc) is 3.39. The van der Waals surface area contributed by atoms with Gasteiger partial charge in [-0.1, -0.05) is 6.07 Å². The molecule has 1 aliphatic rings. The molecule has 1 fully saturated rings. The van der Waals surface area contributed by atoms with Gasteiger partial charge in [-0.15, -0.1) is 0 Å². The number of halogens is 2. The normalized spacial score (nSPS) is 15.9. The van der Waals surface area contributed by atoms with E-state index in [1.54, 1.807) is 18.5 Å². The molecule has 9 nitrogen and oxygen atoms in total. The third-order valence-electron chi connectivity index (χ3n) is 6.99. The molecule has 0 bridgehead atoms. The SMILES string of the molecule is CC(C)n1cc(-c2nc3cnc(C(O)C(C)(C)O)cc3nc2N2CCN(Cc3ccc(F)cc3F)CC2)cn1. The molecule has 1 saturated heterocycles. The van der Waals surface area contributed by atoms with E-state index >= 15 is 0 Å². The molecule has 3 aromatic heterocycles. The molecule has 0 radical (unpaired) electrons. The summed E-state index contributed by atoms with van der Waals surface area (Å²) in [5, 5.41) is 25.3. The number of pyridine rings is 1. The zero-order valence-corrected chi connectivity index (χ0v) is 22.5. The summed E-state index contributed by atoms with van der Waals surface area (Å²) in [7, 11) is 0. The van der Waals surface area contributed by atoms with Gasteiger partial charge in [0.15, 0.2) is 5.82 Å². The smallest absolute Gasteiger partial charge is 0.156 e. The predicted octanol–water partition coefficient (Wildman–Crippen LogP) is 3.87. The van der Waals surface area contributed by atoms with Crippen LogP contribution in [0, 0.1) is 11.6 Å². The minimum atomic E-state index is -1.37. The zero-order chi connectivity index (χ0) is 27.9. The van der Waals surface area contributed by atoms with E-state index in [0.717, 1.165) is 11.6 Å². The predicted molar refractivity (Wildman–Crippen MR) is 144 cm³/mol. The number of benzene rings is 1. The van der Waals surface area contributed by atoms with Crippen molar-refractivity contribution in [2.75, 3.05) is 31.1 Å². The molecule has 0 aliphatic carbocycles. The quantitative estimate of drug-likeness (QED) is 0.366. The minimum absolute atomic E-state index is 0.179. The van der Waals surface area contributed by atoms with Gasteiger partial charge in [0.05, 0.1) is 29.2 Å². The number of hydrogen-bond acceptors (Lipinski definition) is 8. The summed E-state index contributed by atoms with van der Waals surface area (Å²) in [5.41, 5.74) is 2.00. The minimum Gasteiger partial charge on any atom is -0.387 e. The lowest BCUT2D eigenvalue weighted by atomic mass is 9.98. The van der Waals surface area contributed by atoms with Gasteiger partial charge < -0.3 is 15.1 Å². The van der Waals surface area contributed by atoms with Crippen LogP contribution >= 0.6 is 0 Å². The van der Waals surface area contributed by atoms with E-state index in [1.807, 2.05) is 24.7 Å². The number of rotatable bonds is 7. The zero-order valence-electron chi connectivity index (χ0n) is 22.5. The number of piperazine rings is 1. The molecule has 0 spiro atoms. The van der Waals surface area contributed by atoms with Crippen molar-refractivity contribution in [1.82, 2.24) is 29.6 Å². The van der Waals surface area contributed by atoms with Gasteiger partial charge in [-0.25, -0.2) is 18.7 Å². The van der Waals surface area contributed by atoms with Crippen LogP contribution in [0.2, 0.25) is 0 Å². The van der Waals surface area contributed by atoms with Crippen LogP contribution in [0.5, 0.6) is 0 Å². The van der Waals surface area contributed by atoms with E-state index in [4.69, 9.17) is 9.97 Å². The molecule has 0 amide bonds. The van der Waals surface area contributed by atoms with Gasteiger partial charge >= 0.3 is 0 Å². The van der Waals surface area contributed by atoms with Gasteiger partial charge in [0.2, 0.25) is 0 Å². The first-order chi connectivity index (χ1) is 18.5. The fourth-order valence-corrected chi connectivity index (χ4v) is 4.64. The van der Waals surface area contributed by atoms with Crippen LogP contribution in [0.3, 0.4) is 0 Å². The lowest BCUT2D eigenvalue weighted by Gasteiger charge is -2.36.